The molecule has 0 fully saturated rings. The summed E-state index contributed by atoms with van der Waals surface area (Å²) in [5.41, 5.74) is 7.43. The van der Waals surface area contributed by atoms with E-state index >= 15 is 0 Å². The molecule has 1 aromatic rings. The van der Waals surface area contributed by atoms with Crippen molar-refractivity contribution < 1.29 is 4.79 Å². The Labute approximate surface area is 116 Å². The number of nitrogens with zero attached hydrogens (tertiary/aromatic N) is 1. The molecule has 0 saturated carbocycles. The molecule has 106 valence electrons. The minimum atomic E-state index is 0.0707. The van der Waals surface area contributed by atoms with Gasteiger partial charge < -0.3 is 16.0 Å². The van der Waals surface area contributed by atoms with Gasteiger partial charge in [0, 0.05) is 18.7 Å². The molecule has 0 bridgehead atoms. The average molecular weight is 263 g/mol. The van der Waals surface area contributed by atoms with Gasteiger partial charge in [0.1, 0.15) is 0 Å². The van der Waals surface area contributed by atoms with Gasteiger partial charge in [0.2, 0.25) is 5.91 Å². The molecular weight excluding hydrogens is 238 g/mol. The monoisotopic (exact) mass is 263 g/mol. The maximum absolute atomic E-state index is 11.8. The maximum atomic E-state index is 11.8. The van der Waals surface area contributed by atoms with E-state index in [1.54, 1.807) is 0 Å². The zero-order valence-corrected chi connectivity index (χ0v) is 12.0. The van der Waals surface area contributed by atoms with E-state index in [2.05, 4.69) is 24.1 Å². The molecule has 0 unspecified atom stereocenters. The second-order valence-corrected chi connectivity index (χ2v) is 4.58. The van der Waals surface area contributed by atoms with Crippen LogP contribution in [0.4, 0.5) is 5.69 Å². The van der Waals surface area contributed by atoms with Crippen LogP contribution in [0, 0.1) is 0 Å². The lowest BCUT2D eigenvalue weighted by atomic mass is 10.2. The molecule has 0 aliphatic carbocycles. The molecule has 3 N–H and O–H groups in total. The highest BCUT2D eigenvalue weighted by Gasteiger charge is 2.04. The van der Waals surface area contributed by atoms with Crippen LogP contribution in [-0.4, -0.2) is 30.4 Å². The molecule has 0 radical (unpaired) electrons. The van der Waals surface area contributed by atoms with Crippen LogP contribution >= 0.6 is 0 Å². The molecule has 4 heteroatoms. The van der Waals surface area contributed by atoms with E-state index in [4.69, 9.17) is 5.73 Å². The highest BCUT2D eigenvalue weighted by molar-refractivity contribution is 5.90. The first-order valence-corrected chi connectivity index (χ1v) is 7.00. The Morgan fingerprint density at radius 1 is 1.32 bits per heavy atom. The van der Waals surface area contributed by atoms with Gasteiger partial charge in [-0.1, -0.05) is 26.0 Å². The van der Waals surface area contributed by atoms with E-state index in [1.807, 2.05) is 24.3 Å². The van der Waals surface area contributed by atoms with Crippen LogP contribution in [0.15, 0.2) is 24.3 Å². The van der Waals surface area contributed by atoms with Crippen molar-refractivity contribution in [1.82, 2.24) is 4.90 Å². The van der Waals surface area contributed by atoms with Gasteiger partial charge >= 0.3 is 0 Å². The summed E-state index contributed by atoms with van der Waals surface area (Å²) in [4.78, 5) is 14.1. The highest BCUT2D eigenvalue weighted by atomic mass is 16.1. The quantitative estimate of drug-likeness (QED) is 0.756. The molecule has 4 nitrogen and oxygen atoms in total. The van der Waals surface area contributed by atoms with Crippen molar-refractivity contribution in [1.29, 1.82) is 0 Å². The van der Waals surface area contributed by atoms with Crippen molar-refractivity contribution in [2.45, 2.75) is 33.2 Å². The number of benzene rings is 1. The van der Waals surface area contributed by atoms with Crippen LogP contribution in [0.5, 0.6) is 0 Å². The fourth-order valence-corrected chi connectivity index (χ4v) is 2.00. The van der Waals surface area contributed by atoms with Crippen molar-refractivity contribution in [2.24, 2.45) is 5.73 Å². The molecule has 0 heterocycles. The lowest BCUT2D eigenvalue weighted by molar-refractivity contribution is -0.116. The zero-order chi connectivity index (χ0) is 14.1. The Hall–Kier alpha value is -1.39. The highest BCUT2D eigenvalue weighted by Crippen LogP contribution is 2.10. The molecule has 19 heavy (non-hydrogen) atoms. The summed E-state index contributed by atoms with van der Waals surface area (Å²) in [5.74, 6) is 0.0707. The molecule has 0 aromatic heterocycles. The lowest BCUT2D eigenvalue weighted by Crippen LogP contribution is -2.25. The summed E-state index contributed by atoms with van der Waals surface area (Å²) >= 11 is 0. The van der Waals surface area contributed by atoms with E-state index in [-0.39, 0.29) is 5.91 Å². The number of hydrogen-bond donors (Lipinski definition) is 2. The van der Waals surface area contributed by atoms with Crippen molar-refractivity contribution >= 4 is 11.6 Å². The first kappa shape index (κ1) is 15.7. The molecule has 0 saturated heterocycles. The summed E-state index contributed by atoms with van der Waals surface area (Å²) in [6.45, 7) is 7.83. The maximum Gasteiger partial charge on any atom is 0.224 e. The van der Waals surface area contributed by atoms with Gasteiger partial charge in [-0.15, -0.1) is 0 Å². The van der Waals surface area contributed by atoms with E-state index in [1.165, 1.54) is 0 Å². The molecule has 1 rings (SSSR count). The van der Waals surface area contributed by atoms with Crippen molar-refractivity contribution in [3.63, 3.8) is 0 Å². The van der Waals surface area contributed by atoms with Crippen molar-refractivity contribution in [2.75, 3.05) is 25.0 Å². The Morgan fingerprint density at radius 2 is 2.05 bits per heavy atom. The molecule has 1 amide bonds. The summed E-state index contributed by atoms with van der Waals surface area (Å²) in [7, 11) is 0. The SMILES string of the molecule is CCN(CC)CCCC(=O)Nc1cccc(CN)c1. The average Bonchev–Trinajstić information content (AvgIpc) is 2.44. The first-order chi connectivity index (χ1) is 9.19. The number of hydrogen-bond acceptors (Lipinski definition) is 3. The summed E-state index contributed by atoms with van der Waals surface area (Å²) in [6, 6.07) is 7.67. The number of nitrogens with two attached hydrogens (primary N) is 1. The number of amides is 1. The van der Waals surface area contributed by atoms with Crippen LogP contribution < -0.4 is 11.1 Å². The first-order valence-electron chi connectivity index (χ1n) is 7.00. The predicted octanol–water partition coefficient (Wildman–Crippen LogP) is 2.21. The van der Waals surface area contributed by atoms with E-state index in [0.29, 0.717) is 13.0 Å². The van der Waals surface area contributed by atoms with Gasteiger partial charge in [0.05, 0.1) is 0 Å². The van der Waals surface area contributed by atoms with Crippen LogP contribution in [-0.2, 0) is 11.3 Å². The summed E-state index contributed by atoms with van der Waals surface area (Å²) < 4.78 is 0. The fourth-order valence-electron chi connectivity index (χ4n) is 2.00. The van der Waals surface area contributed by atoms with Gasteiger partial charge in [0.15, 0.2) is 0 Å². The minimum absolute atomic E-state index is 0.0707. The van der Waals surface area contributed by atoms with E-state index < -0.39 is 0 Å². The van der Waals surface area contributed by atoms with Gasteiger partial charge in [-0.25, -0.2) is 0 Å². The van der Waals surface area contributed by atoms with Gasteiger partial charge in [0.25, 0.3) is 0 Å². The molecule has 0 aliphatic heterocycles. The Balaban J connectivity index is 2.34. The smallest absolute Gasteiger partial charge is 0.224 e. The second-order valence-electron chi connectivity index (χ2n) is 4.58. The molecule has 0 atom stereocenters. The van der Waals surface area contributed by atoms with E-state index in [9.17, 15) is 4.79 Å². The Morgan fingerprint density at radius 3 is 2.68 bits per heavy atom. The third-order valence-corrected chi connectivity index (χ3v) is 3.22. The van der Waals surface area contributed by atoms with Gasteiger partial charge in [-0.2, -0.15) is 0 Å². The Kier molecular flexibility index (Phi) is 7.15. The molecule has 0 spiro atoms. The van der Waals surface area contributed by atoms with Crippen LogP contribution in [0.25, 0.3) is 0 Å². The number of carbonyl (C=O) groups excluding carboxylic acids is 1. The lowest BCUT2D eigenvalue weighted by Gasteiger charge is -2.17. The van der Waals surface area contributed by atoms with Crippen molar-refractivity contribution in [3.05, 3.63) is 29.8 Å². The fraction of sp³-hybridized carbons (Fsp3) is 0.533. The normalized spacial score (nSPS) is 10.7. The van der Waals surface area contributed by atoms with Gasteiger partial charge in [-0.05, 0) is 43.8 Å². The number of nitrogens with one attached hydrogen (secondary N) is 1. The molecule has 0 aliphatic rings. The van der Waals surface area contributed by atoms with Gasteiger partial charge in [-0.3, -0.25) is 4.79 Å². The largest absolute Gasteiger partial charge is 0.326 e. The zero-order valence-electron chi connectivity index (χ0n) is 12.0. The third kappa shape index (κ3) is 5.85. The Bertz CT molecular complexity index is 389. The van der Waals surface area contributed by atoms with Crippen LogP contribution in [0.3, 0.4) is 0 Å². The molecular formula is C15H25N3O. The third-order valence-electron chi connectivity index (χ3n) is 3.22. The number of rotatable bonds is 8. The summed E-state index contributed by atoms with van der Waals surface area (Å²) in [6.07, 6.45) is 1.45. The number of carbonyl (C=O) groups is 1. The van der Waals surface area contributed by atoms with Crippen LogP contribution in [0.1, 0.15) is 32.3 Å². The van der Waals surface area contributed by atoms with Crippen LogP contribution in [0.2, 0.25) is 0 Å². The second kappa shape index (κ2) is 8.67. The predicted molar refractivity (Wildman–Crippen MR) is 80.0 cm³/mol. The number of anilines is 1. The van der Waals surface area contributed by atoms with Crippen molar-refractivity contribution in [3.8, 4) is 0 Å². The standard InChI is InChI=1S/C15H25N3O/c1-3-18(4-2)10-6-9-15(19)17-14-8-5-7-13(11-14)12-16/h5,7-8,11H,3-4,6,9-10,12,16H2,1-2H3,(H,17,19). The molecule has 1 aromatic carbocycles. The topological polar surface area (TPSA) is 58.4 Å². The summed E-state index contributed by atoms with van der Waals surface area (Å²) in [5, 5.41) is 2.91. The minimum Gasteiger partial charge on any atom is -0.326 e. The van der Waals surface area contributed by atoms with E-state index in [0.717, 1.165) is 37.3 Å².